The molecule has 6 heteroatoms. The van der Waals surface area contributed by atoms with Crippen LogP contribution in [0.15, 0.2) is 35.7 Å². The van der Waals surface area contributed by atoms with Crippen LogP contribution in [0.3, 0.4) is 0 Å². The van der Waals surface area contributed by atoms with Gasteiger partial charge < -0.3 is 0 Å². The van der Waals surface area contributed by atoms with Crippen LogP contribution in [-0.4, -0.2) is 14.8 Å². The molecule has 16 heavy (non-hydrogen) atoms. The van der Waals surface area contributed by atoms with Crippen LogP contribution in [0.5, 0.6) is 0 Å². The molecular formula is C10H10N6. The number of nitrogens with zero attached hydrogens (tertiary/aromatic N) is 6. The summed E-state index contributed by atoms with van der Waals surface area (Å²) in [6, 6.07) is 5.62. The third kappa shape index (κ3) is 2.02. The second-order valence-corrected chi connectivity index (χ2v) is 3.28. The number of hydrogen-bond acceptors (Lipinski definition) is 3. The lowest BCUT2D eigenvalue weighted by Gasteiger charge is -1.97. The van der Waals surface area contributed by atoms with E-state index in [0.717, 1.165) is 17.0 Å². The normalized spacial score (nSPS) is 9.81. The Kier molecular flexibility index (Phi) is 2.84. The second-order valence-electron chi connectivity index (χ2n) is 3.28. The van der Waals surface area contributed by atoms with Gasteiger partial charge >= 0.3 is 0 Å². The van der Waals surface area contributed by atoms with Crippen molar-refractivity contribution in [3.8, 4) is 11.4 Å². The zero-order chi connectivity index (χ0) is 11.4. The van der Waals surface area contributed by atoms with E-state index >= 15 is 0 Å². The lowest BCUT2D eigenvalue weighted by Crippen LogP contribution is -1.89. The van der Waals surface area contributed by atoms with E-state index in [4.69, 9.17) is 5.53 Å². The molecule has 0 unspecified atom stereocenters. The first kappa shape index (κ1) is 10.2. The van der Waals surface area contributed by atoms with Crippen molar-refractivity contribution in [1.82, 2.24) is 14.8 Å². The molecule has 0 N–H and O–H groups in total. The van der Waals surface area contributed by atoms with Gasteiger partial charge in [0.15, 0.2) is 0 Å². The van der Waals surface area contributed by atoms with E-state index in [-0.39, 0.29) is 6.54 Å². The summed E-state index contributed by atoms with van der Waals surface area (Å²) in [7, 11) is 1.83. The van der Waals surface area contributed by atoms with Crippen LogP contribution in [0.4, 0.5) is 0 Å². The molecule has 0 radical (unpaired) electrons. The van der Waals surface area contributed by atoms with Gasteiger partial charge in [-0.15, -0.1) is 0 Å². The van der Waals surface area contributed by atoms with Gasteiger partial charge in [0.2, 0.25) is 0 Å². The fourth-order valence-corrected chi connectivity index (χ4v) is 1.48. The molecule has 0 bridgehead atoms. The Bertz CT molecular complexity index is 523. The summed E-state index contributed by atoms with van der Waals surface area (Å²) in [5, 5.41) is 7.85. The lowest BCUT2D eigenvalue weighted by atomic mass is 10.2. The van der Waals surface area contributed by atoms with Gasteiger partial charge in [-0.05, 0) is 17.7 Å². The molecule has 0 saturated heterocycles. The Balaban J connectivity index is 2.44. The zero-order valence-electron chi connectivity index (χ0n) is 8.78. The van der Waals surface area contributed by atoms with Crippen LogP contribution >= 0.6 is 0 Å². The largest absolute Gasteiger partial charge is 0.275 e. The van der Waals surface area contributed by atoms with Crippen molar-refractivity contribution in [3.05, 3.63) is 46.6 Å². The number of pyridine rings is 1. The highest BCUT2D eigenvalue weighted by Crippen LogP contribution is 2.19. The molecule has 0 atom stereocenters. The molecule has 0 amide bonds. The lowest BCUT2D eigenvalue weighted by molar-refractivity contribution is 0.768. The smallest absolute Gasteiger partial charge is 0.114 e. The van der Waals surface area contributed by atoms with Crippen molar-refractivity contribution in [3.63, 3.8) is 0 Å². The molecule has 0 aliphatic heterocycles. The number of hydrogen-bond donors (Lipinski definition) is 0. The number of aryl methyl sites for hydroxylation is 1. The van der Waals surface area contributed by atoms with Crippen molar-refractivity contribution in [1.29, 1.82) is 0 Å². The third-order valence-electron chi connectivity index (χ3n) is 2.12. The zero-order valence-corrected chi connectivity index (χ0v) is 8.78. The molecule has 2 rings (SSSR count). The van der Waals surface area contributed by atoms with Crippen molar-refractivity contribution in [2.24, 2.45) is 12.2 Å². The number of aromatic nitrogens is 3. The van der Waals surface area contributed by atoms with E-state index in [1.807, 2.05) is 31.4 Å². The monoisotopic (exact) mass is 214 g/mol. The van der Waals surface area contributed by atoms with Crippen LogP contribution in [0.2, 0.25) is 0 Å². The summed E-state index contributed by atoms with van der Waals surface area (Å²) in [6.07, 6.45) is 3.54. The van der Waals surface area contributed by atoms with Gasteiger partial charge in [0.25, 0.3) is 0 Å². The van der Waals surface area contributed by atoms with E-state index in [1.165, 1.54) is 0 Å². The minimum absolute atomic E-state index is 0.288. The van der Waals surface area contributed by atoms with Crippen molar-refractivity contribution >= 4 is 0 Å². The predicted molar refractivity (Wildman–Crippen MR) is 59.3 cm³/mol. The van der Waals surface area contributed by atoms with Crippen LogP contribution in [0.25, 0.3) is 21.8 Å². The molecular weight excluding hydrogens is 204 g/mol. The van der Waals surface area contributed by atoms with Crippen molar-refractivity contribution in [2.45, 2.75) is 6.54 Å². The van der Waals surface area contributed by atoms with Gasteiger partial charge in [-0.2, -0.15) is 5.10 Å². The molecule has 2 heterocycles. The average Bonchev–Trinajstić information content (AvgIpc) is 2.69. The van der Waals surface area contributed by atoms with E-state index < -0.39 is 0 Å². The maximum atomic E-state index is 8.31. The van der Waals surface area contributed by atoms with E-state index in [9.17, 15) is 0 Å². The first-order valence-corrected chi connectivity index (χ1v) is 4.76. The fourth-order valence-electron chi connectivity index (χ4n) is 1.48. The molecule has 0 spiro atoms. The molecule has 2 aromatic rings. The highest BCUT2D eigenvalue weighted by atomic mass is 15.3. The summed E-state index contributed by atoms with van der Waals surface area (Å²) >= 11 is 0. The van der Waals surface area contributed by atoms with Crippen molar-refractivity contribution < 1.29 is 0 Å². The SMILES string of the molecule is Cn1cc(CN=[N+]=[N-])c(-c2ccccn2)n1. The fraction of sp³-hybridized carbons (Fsp3) is 0.200. The summed E-state index contributed by atoms with van der Waals surface area (Å²) in [6.45, 7) is 0.288. The van der Waals surface area contributed by atoms with Gasteiger partial charge in [-0.25, -0.2) is 0 Å². The second kappa shape index (κ2) is 4.46. The Hall–Kier alpha value is -2.33. The molecule has 0 aliphatic carbocycles. The quantitative estimate of drug-likeness (QED) is 0.446. The third-order valence-corrected chi connectivity index (χ3v) is 2.12. The van der Waals surface area contributed by atoms with Crippen LogP contribution in [0, 0.1) is 0 Å². The maximum Gasteiger partial charge on any atom is 0.114 e. The summed E-state index contributed by atoms with van der Waals surface area (Å²) < 4.78 is 1.69. The van der Waals surface area contributed by atoms with Gasteiger partial charge in [0.1, 0.15) is 5.69 Å². The first-order chi connectivity index (χ1) is 7.81. The Morgan fingerprint density at radius 3 is 3.06 bits per heavy atom. The highest BCUT2D eigenvalue weighted by molar-refractivity contribution is 5.57. The van der Waals surface area contributed by atoms with Crippen molar-refractivity contribution in [2.75, 3.05) is 0 Å². The molecule has 80 valence electrons. The minimum atomic E-state index is 0.288. The van der Waals surface area contributed by atoms with Gasteiger partial charge in [0, 0.05) is 29.9 Å². The van der Waals surface area contributed by atoms with Gasteiger partial charge in [-0.1, -0.05) is 11.2 Å². The first-order valence-electron chi connectivity index (χ1n) is 4.76. The molecule has 0 fully saturated rings. The summed E-state index contributed by atoms with van der Waals surface area (Å²) in [5.41, 5.74) is 10.7. The Morgan fingerprint density at radius 2 is 2.38 bits per heavy atom. The van der Waals surface area contributed by atoms with Crippen LogP contribution in [0.1, 0.15) is 5.56 Å². The van der Waals surface area contributed by atoms with Gasteiger partial charge in [0.05, 0.1) is 12.2 Å². The van der Waals surface area contributed by atoms with E-state index in [2.05, 4.69) is 20.1 Å². The van der Waals surface area contributed by atoms with E-state index in [1.54, 1.807) is 10.9 Å². The minimum Gasteiger partial charge on any atom is -0.275 e. The maximum absolute atomic E-state index is 8.31. The van der Waals surface area contributed by atoms with Crippen LogP contribution < -0.4 is 0 Å². The van der Waals surface area contributed by atoms with E-state index in [0.29, 0.717) is 0 Å². The molecule has 0 aliphatic rings. The van der Waals surface area contributed by atoms with Crippen LogP contribution in [-0.2, 0) is 13.6 Å². The predicted octanol–water partition coefficient (Wildman–Crippen LogP) is 2.29. The Morgan fingerprint density at radius 1 is 1.50 bits per heavy atom. The molecule has 0 saturated carbocycles. The standard InChI is InChI=1S/C10H10N6/c1-16-7-8(6-13-15-11)10(14-16)9-4-2-3-5-12-9/h2-5,7H,6H2,1H3. The number of azide groups is 1. The Labute approximate surface area is 92.2 Å². The highest BCUT2D eigenvalue weighted by Gasteiger charge is 2.09. The molecule has 6 nitrogen and oxygen atoms in total. The molecule has 2 aromatic heterocycles. The van der Waals surface area contributed by atoms with Gasteiger partial charge in [-0.3, -0.25) is 9.67 Å². The summed E-state index contributed by atoms with van der Waals surface area (Å²) in [4.78, 5) is 6.96. The molecule has 0 aromatic carbocycles. The average molecular weight is 214 g/mol. The summed E-state index contributed by atoms with van der Waals surface area (Å²) in [5.74, 6) is 0. The number of rotatable bonds is 3. The topological polar surface area (TPSA) is 79.5 Å².